The minimum atomic E-state index is -1.00. The van der Waals surface area contributed by atoms with E-state index in [1.165, 1.54) is 6.33 Å². The first-order valence-electron chi connectivity index (χ1n) is 8.46. The number of rotatable bonds is 7. The molecule has 2 N–H and O–H groups in total. The van der Waals surface area contributed by atoms with Crippen LogP contribution in [-0.4, -0.2) is 51.3 Å². The number of anilines is 1. The second-order valence-corrected chi connectivity index (χ2v) is 5.76. The van der Waals surface area contributed by atoms with E-state index >= 15 is 0 Å². The van der Waals surface area contributed by atoms with Gasteiger partial charge in [0.2, 0.25) is 0 Å². The van der Waals surface area contributed by atoms with Gasteiger partial charge in [-0.2, -0.15) is 5.10 Å². The third-order valence-corrected chi connectivity index (χ3v) is 4.41. The summed E-state index contributed by atoms with van der Waals surface area (Å²) in [5.74, 6) is -1.65. The molecule has 0 spiro atoms. The number of nitrogens with two attached hydrogens (primary N) is 1. The molecule has 2 unspecified atom stereocenters. The number of hydrogen-bond acceptors (Lipinski definition) is 8. The summed E-state index contributed by atoms with van der Waals surface area (Å²) < 4.78 is 18.6. The lowest BCUT2D eigenvalue weighted by molar-refractivity contribution is -0.320. The average molecular weight is 349 g/mol. The highest BCUT2D eigenvalue weighted by atomic mass is 16.7. The van der Waals surface area contributed by atoms with Gasteiger partial charge in [-0.05, 0) is 20.8 Å². The second kappa shape index (κ2) is 6.93. The van der Waals surface area contributed by atoms with Crippen molar-refractivity contribution < 1.29 is 19.0 Å². The molecule has 9 heteroatoms. The van der Waals surface area contributed by atoms with E-state index in [4.69, 9.17) is 19.9 Å². The van der Waals surface area contributed by atoms with Crippen molar-refractivity contribution in [3.05, 3.63) is 12.5 Å². The van der Waals surface area contributed by atoms with Gasteiger partial charge in [0.15, 0.2) is 11.4 Å². The predicted molar refractivity (Wildman–Crippen MR) is 89.5 cm³/mol. The van der Waals surface area contributed by atoms with Gasteiger partial charge in [0.05, 0.1) is 24.2 Å². The zero-order chi connectivity index (χ0) is 18.0. The molecule has 25 heavy (non-hydrogen) atoms. The maximum absolute atomic E-state index is 12.6. The largest absolute Gasteiger partial charge is 0.466 e. The number of nitrogens with zero attached hydrogens (tertiary/aromatic N) is 4. The van der Waals surface area contributed by atoms with E-state index in [1.807, 2.05) is 13.8 Å². The van der Waals surface area contributed by atoms with Crippen LogP contribution in [0.25, 0.3) is 11.0 Å². The van der Waals surface area contributed by atoms with Gasteiger partial charge in [-0.3, -0.25) is 4.79 Å². The Hall–Kier alpha value is -2.26. The Morgan fingerprint density at radius 1 is 1.28 bits per heavy atom. The minimum absolute atomic E-state index is 0.283. The third kappa shape index (κ3) is 2.83. The van der Waals surface area contributed by atoms with Crippen LogP contribution in [0.2, 0.25) is 0 Å². The van der Waals surface area contributed by atoms with Gasteiger partial charge in [-0.1, -0.05) is 0 Å². The molecule has 1 fully saturated rings. The van der Waals surface area contributed by atoms with E-state index in [1.54, 1.807) is 17.8 Å². The predicted octanol–water partition coefficient (Wildman–Crippen LogP) is 1.30. The standard InChI is InChI=1S/C16H23N5O4/c1-4-23-15(22)12-11(7-16(12,24-5-2)25-6-3)21-14-10(8-20-21)13(17)18-9-19-14/h8-9,11-12H,4-7H2,1-3H3,(H2,17,18,19). The van der Waals surface area contributed by atoms with Crippen LogP contribution < -0.4 is 5.73 Å². The Labute approximate surface area is 145 Å². The van der Waals surface area contributed by atoms with Crippen LogP contribution in [0.3, 0.4) is 0 Å². The topological polar surface area (TPSA) is 114 Å². The quantitative estimate of drug-likeness (QED) is 0.587. The van der Waals surface area contributed by atoms with E-state index in [9.17, 15) is 4.79 Å². The molecule has 2 atom stereocenters. The number of esters is 1. The fourth-order valence-corrected chi connectivity index (χ4v) is 3.42. The van der Waals surface area contributed by atoms with Crippen molar-refractivity contribution in [3.8, 4) is 0 Å². The van der Waals surface area contributed by atoms with Crippen molar-refractivity contribution >= 4 is 22.8 Å². The minimum Gasteiger partial charge on any atom is -0.466 e. The summed E-state index contributed by atoms with van der Waals surface area (Å²) >= 11 is 0. The molecule has 1 aliphatic carbocycles. The van der Waals surface area contributed by atoms with Crippen LogP contribution >= 0.6 is 0 Å². The summed E-state index contributed by atoms with van der Waals surface area (Å²) in [4.78, 5) is 20.8. The first kappa shape index (κ1) is 17.6. The van der Waals surface area contributed by atoms with E-state index in [0.717, 1.165) is 0 Å². The van der Waals surface area contributed by atoms with Crippen molar-refractivity contribution in [2.24, 2.45) is 5.92 Å². The Balaban J connectivity index is 2.00. The summed E-state index contributed by atoms with van der Waals surface area (Å²) in [6.07, 6.45) is 3.46. The molecule has 1 saturated carbocycles. The molecule has 2 heterocycles. The van der Waals surface area contributed by atoms with Crippen molar-refractivity contribution in [3.63, 3.8) is 0 Å². The van der Waals surface area contributed by atoms with Crippen LogP contribution in [-0.2, 0) is 19.0 Å². The number of hydrogen-bond donors (Lipinski definition) is 1. The second-order valence-electron chi connectivity index (χ2n) is 5.76. The van der Waals surface area contributed by atoms with E-state index in [2.05, 4.69) is 15.1 Å². The van der Waals surface area contributed by atoms with Gasteiger partial charge in [0.25, 0.3) is 0 Å². The summed E-state index contributed by atoms with van der Waals surface area (Å²) in [5, 5.41) is 5.02. The monoisotopic (exact) mass is 349 g/mol. The molecular weight excluding hydrogens is 326 g/mol. The number of carbonyl (C=O) groups is 1. The van der Waals surface area contributed by atoms with Crippen molar-refractivity contribution in [2.75, 3.05) is 25.6 Å². The van der Waals surface area contributed by atoms with Crippen LogP contribution in [0.15, 0.2) is 12.5 Å². The van der Waals surface area contributed by atoms with Gasteiger partial charge >= 0.3 is 5.97 Å². The fourth-order valence-electron chi connectivity index (χ4n) is 3.42. The molecule has 0 saturated heterocycles. The maximum Gasteiger partial charge on any atom is 0.316 e. The molecule has 2 aromatic heterocycles. The zero-order valence-corrected chi connectivity index (χ0v) is 14.6. The molecule has 0 aliphatic heterocycles. The molecular formula is C16H23N5O4. The summed E-state index contributed by atoms with van der Waals surface area (Å²) in [6.45, 7) is 6.65. The molecule has 0 radical (unpaired) electrons. The van der Waals surface area contributed by atoms with Gasteiger partial charge in [-0.25, -0.2) is 14.6 Å². The van der Waals surface area contributed by atoms with Crippen molar-refractivity contribution in [1.29, 1.82) is 0 Å². The van der Waals surface area contributed by atoms with Crippen LogP contribution in [0.1, 0.15) is 33.2 Å². The van der Waals surface area contributed by atoms with E-state index < -0.39 is 11.7 Å². The highest BCUT2D eigenvalue weighted by Gasteiger charge is 2.62. The van der Waals surface area contributed by atoms with Crippen molar-refractivity contribution in [1.82, 2.24) is 19.7 Å². The summed E-state index contributed by atoms with van der Waals surface area (Å²) in [7, 11) is 0. The number of carbonyl (C=O) groups excluding carboxylic acids is 1. The molecule has 1 aliphatic rings. The van der Waals surface area contributed by atoms with Crippen LogP contribution in [0.4, 0.5) is 5.82 Å². The van der Waals surface area contributed by atoms with Gasteiger partial charge in [-0.15, -0.1) is 0 Å². The highest BCUT2D eigenvalue weighted by Crippen LogP contribution is 2.51. The Bertz CT molecular complexity index is 756. The Morgan fingerprint density at radius 3 is 2.64 bits per heavy atom. The molecule has 136 valence electrons. The van der Waals surface area contributed by atoms with Gasteiger partial charge < -0.3 is 19.9 Å². The lowest BCUT2D eigenvalue weighted by Crippen LogP contribution is -2.61. The van der Waals surface area contributed by atoms with E-state index in [0.29, 0.717) is 36.5 Å². The van der Waals surface area contributed by atoms with Gasteiger partial charge in [0.1, 0.15) is 18.1 Å². The smallest absolute Gasteiger partial charge is 0.316 e. The zero-order valence-electron chi connectivity index (χ0n) is 14.6. The lowest BCUT2D eigenvalue weighted by Gasteiger charge is -2.51. The molecule has 0 bridgehead atoms. The number of nitrogen functional groups attached to an aromatic ring is 1. The first-order valence-corrected chi connectivity index (χ1v) is 8.46. The summed E-state index contributed by atoms with van der Waals surface area (Å²) in [5.41, 5.74) is 6.45. The normalized spacial score (nSPS) is 21.9. The van der Waals surface area contributed by atoms with Crippen LogP contribution in [0, 0.1) is 5.92 Å². The lowest BCUT2D eigenvalue weighted by atomic mass is 9.72. The Morgan fingerprint density at radius 2 is 2.00 bits per heavy atom. The first-order chi connectivity index (χ1) is 12.1. The fraction of sp³-hybridized carbons (Fsp3) is 0.625. The molecule has 9 nitrogen and oxygen atoms in total. The molecule has 0 amide bonds. The van der Waals surface area contributed by atoms with Crippen molar-refractivity contribution in [2.45, 2.75) is 39.0 Å². The molecule has 3 rings (SSSR count). The number of fused-ring (bicyclic) bond motifs is 1. The summed E-state index contributed by atoms with van der Waals surface area (Å²) in [6, 6.07) is -0.288. The highest BCUT2D eigenvalue weighted by molar-refractivity contribution is 5.85. The molecule has 0 aromatic carbocycles. The number of aromatic nitrogens is 4. The van der Waals surface area contributed by atoms with Crippen LogP contribution in [0.5, 0.6) is 0 Å². The average Bonchev–Trinajstić information content (AvgIpc) is 2.98. The van der Waals surface area contributed by atoms with E-state index in [-0.39, 0.29) is 18.6 Å². The third-order valence-electron chi connectivity index (χ3n) is 4.41. The SMILES string of the molecule is CCOC(=O)C1C(n2ncc3c(N)ncnc32)CC1(OCC)OCC. The molecule has 2 aromatic rings. The van der Waals surface area contributed by atoms with Gasteiger partial charge in [0, 0.05) is 19.6 Å². The maximum atomic E-state index is 12.6. The Kier molecular flexibility index (Phi) is 4.87. The number of ether oxygens (including phenoxy) is 3.